The molecule has 2 aromatic carbocycles. The summed E-state index contributed by atoms with van der Waals surface area (Å²) < 4.78 is 0. The highest BCUT2D eigenvalue weighted by molar-refractivity contribution is 8.00. The van der Waals surface area contributed by atoms with Gasteiger partial charge in [0.25, 0.3) is 5.91 Å². The summed E-state index contributed by atoms with van der Waals surface area (Å²) in [6.45, 7) is 1.95. The van der Waals surface area contributed by atoms with Gasteiger partial charge in [0.1, 0.15) is 5.03 Å². The van der Waals surface area contributed by atoms with Crippen LogP contribution in [0.1, 0.15) is 15.9 Å². The molecule has 1 heterocycles. The minimum atomic E-state index is -0.290. The van der Waals surface area contributed by atoms with E-state index < -0.39 is 0 Å². The normalized spacial score (nSPS) is 10.4. The van der Waals surface area contributed by atoms with Crippen molar-refractivity contribution in [3.8, 4) is 0 Å². The molecule has 2 amide bonds. The minimum Gasteiger partial charge on any atom is -0.325 e. The first-order valence-corrected chi connectivity index (χ1v) is 9.89. The van der Waals surface area contributed by atoms with Gasteiger partial charge in [-0.3, -0.25) is 9.59 Å². The van der Waals surface area contributed by atoms with Crippen LogP contribution >= 0.6 is 23.4 Å². The van der Waals surface area contributed by atoms with Crippen LogP contribution in [-0.2, 0) is 4.79 Å². The van der Waals surface area contributed by atoms with E-state index in [0.29, 0.717) is 27.0 Å². The zero-order chi connectivity index (χ0) is 19.9. The number of amides is 2. The summed E-state index contributed by atoms with van der Waals surface area (Å²) in [7, 11) is 0. The second-order valence-corrected chi connectivity index (χ2v) is 7.37. The van der Waals surface area contributed by atoms with Crippen LogP contribution < -0.4 is 10.6 Å². The predicted molar refractivity (Wildman–Crippen MR) is 114 cm³/mol. The molecular weight excluding hydrogens is 394 g/mol. The van der Waals surface area contributed by atoms with Gasteiger partial charge in [-0.25, -0.2) is 4.98 Å². The number of carbonyl (C=O) groups is 2. The fourth-order valence-electron chi connectivity index (χ4n) is 2.51. The number of para-hydroxylation sites is 1. The topological polar surface area (TPSA) is 71.1 Å². The molecule has 0 spiro atoms. The molecule has 0 aliphatic rings. The number of nitrogens with zero attached hydrogens (tertiary/aromatic N) is 1. The van der Waals surface area contributed by atoms with E-state index in [4.69, 9.17) is 11.6 Å². The van der Waals surface area contributed by atoms with Gasteiger partial charge in [-0.15, -0.1) is 0 Å². The monoisotopic (exact) mass is 411 g/mol. The van der Waals surface area contributed by atoms with E-state index in [9.17, 15) is 9.59 Å². The molecule has 0 aliphatic heterocycles. The number of benzene rings is 2. The maximum absolute atomic E-state index is 12.7. The molecule has 3 aromatic rings. The molecule has 28 heavy (non-hydrogen) atoms. The minimum absolute atomic E-state index is 0.130. The molecule has 3 rings (SSSR count). The summed E-state index contributed by atoms with van der Waals surface area (Å²) in [5.74, 6) is -0.408. The molecule has 1 aromatic heterocycles. The average molecular weight is 412 g/mol. The van der Waals surface area contributed by atoms with Gasteiger partial charge in [0.15, 0.2) is 0 Å². The molecule has 142 valence electrons. The molecular formula is C21H18ClN3O2S. The van der Waals surface area contributed by atoms with Crippen molar-refractivity contribution in [3.05, 3.63) is 83.0 Å². The molecule has 0 aliphatic carbocycles. The van der Waals surface area contributed by atoms with Gasteiger partial charge in [0.05, 0.1) is 22.0 Å². The van der Waals surface area contributed by atoms with Crippen molar-refractivity contribution < 1.29 is 9.59 Å². The largest absolute Gasteiger partial charge is 0.325 e. The van der Waals surface area contributed by atoms with Crippen LogP contribution in [-0.4, -0.2) is 22.6 Å². The third-order valence-electron chi connectivity index (χ3n) is 3.79. The molecule has 0 fully saturated rings. The lowest BCUT2D eigenvalue weighted by Crippen LogP contribution is -2.19. The van der Waals surface area contributed by atoms with Crippen LogP contribution in [0.2, 0.25) is 5.02 Å². The van der Waals surface area contributed by atoms with Crippen molar-refractivity contribution in [2.75, 3.05) is 16.4 Å². The van der Waals surface area contributed by atoms with Gasteiger partial charge in [-0.2, -0.15) is 0 Å². The summed E-state index contributed by atoms with van der Waals surface area (Å²) in [5.41, 5.74) is 2.58. The van der Waals surface area contributed by atoms with Gasteiger partial charge in [0.2, 0.25) is 5.91 Å². The summed E-state index contributed by atoms with van der Waals surface area (Å²) in [6, 6.07) is 17.9. The predicted octanol–water partition coefficient (Wildman–Crippen LogP) is 5.03. The Hall–Kier alpha value is -2.83. The van der Waals surface area contributed by atoms with Gasteiger partial charge in [0, 0.05) is 11.9 Å². The molecule has 0 saturated carbocycles. The number of aryl methyl sites for hydroxylation is 1. The number of aromatic nitrogens is 1. The van der Waals surface area contributed by atoms with Crippen LogP contribution in [0.4, 0.5) is 11.4 Å². The van der Waals surface area contributed by atoms with E-state index in [1.165, 1.54) is 11.8 Å². The highest BCUT2D eigenvalue weighted by Gasteiger charge is 2.14. The molecule has 0 radical (unpaired) electrons. The number of hydrogen-bond donors (Lipinski definition) is 2. The lowest BCUT2D eigenvalue weighted by molar-refractivity contribution is -0.113. The van der Waals surface area contributed by atoms with Gasteiger partial charge >= 0.3 is 0 Å². The van der Waals surface area contributed by atoms with E-state index in [1.807, 2.05) is 31.2 Å². The Labute approximate surface area is 172 Å². The Kier molecular flexibility index (Phi) is 6.68. The number of pyridine rings is 1. The number of anilines is 2. The zero-order valence-electron chi connectivity index (χ0n) is 15.1. The van der Waals surface area contributed by atoms with E-state index in [2.05, 4.69) is 15.6 Å². The first kappa shape index (κ1) is 19.9. The van der Waals surface area contributed by atoms with Crippen LogP contribution in [0.25, 0.3) is 0 Å². The number of carbonyl (C=O) groups excluding carboxylic acids is 2. The highest BCUT2D eigenvalue weighted by atomic mass is 35.5. The van der Waals surface area contributed by atoms with Crippen molar-refractivity contribution >= 4 is 46.6 Å². The zero-order valence-corrected chi connectivity index (χ0v) is 16.7. The third kappa shape index (κ3) is 5.34. The summed E-state index contributed by atoms with van der Waals surface area (Å²) in [6.07, 6.45) is 1.62. The lowest BCUT2D eigenvalue weighted by Gasteiger charge is -2.12. The van der Waals surface area contributed by atoms with E-state index in [-0.39, 0.29) is 17.6 Å². The molecule has 0 atom stereocenters. The van der Waals surface area contributed by atoms with E-state index in [1.54, 1.807) is 42.6 Å². The standard InChI is InChI=1S/C21H18ClN3O2S/c1-14-6-4-7-15(12-14)24-20(27)16-8-2-3-10-18(16)25-19(26)13-28-21-17(22)9-5-11-23-21/h2-12H,13H2,1H3,(H,24,27)(H,25,26). The van der Waals surface area contributed by atoms with Crippen molar-refractivity contribution in [3.63, 3.8) is 0 Å². The van der Waals surface area contributed by atoms with Gasteiger partial charge in [-0.1, -0.05) is 47.6 Å². The number of rotatable bonds is 6. The smallest absolute Gasteiger partial charge is 0.257 e. The molecule has 0 saturated heterocycles. The fraction of sp³-hybridized carbons (Fsp3) is 0.0952. The van der Waals surface area contributed by atoms with Crippen LogP contribution in [0.5, 0.6) is 0 Å². The third-order valence-corrected chi connectivity index (χ3v) is 5.21. The second kappa shape index (κ2) is 9.39. The van der Waals surface area contributed by atoms with E-state index >= 15 is 0 Å². The Morgan fingerprint density at radius 2 is 1.86 bits per heavy atom. The molecule has 5 nitrogen and oxygen atoms in total. The first-order chi connectivity index (χ1) is 13.5. The number of hydrogen-bond acceptors (Lipinski definition) is 4. The van der Waals surface area contributed by atoms with Crippen molar-refractivity contribution in [2.45, 2.75) is 11.9 Å². The Morgan fingerprint density at radius 3 is 2.64 bits per heavy atom. The molecule has 7 heteroatoms. The maximum atomic E-state index is 12.7. The SMILES string of the molecule is Cc1cccc(NC(=O)c2ccccc2NC(=O)CSc2ncccc2Cl)c1. The molecule has 0 unspecified atom stereocenters. The van der Waals surface area contributed by atoms with Crippen LogP contribution in [0, 0.1) is 6.92 Å². The maximum Gasteiger partial charge on any atom is 0.257 e. The van der Waals surface area contributed by atoms with E-state index in [0.717, 1.165) is 5.56 Å². The second-order valence-electron chi connectivity index (χ2n) is 6.00. The van der Waals surface area contributed by atoms with Crippen LogP contribution in [0.15, 0.2) is 71.9 Å². The fourth-order valence-corrected chi connectivity index (χ4v) is 3.48. The Balaban J connectivity index is 1.67. The van der Waals surface area contributed by atoms with Crippen LogP contribution in [0.3, 0.4) is 0 Å². The summed E-state index contributed by atoms with van der Waals surface area (Å²) >= 11 is 7.29. The average Bonchev–Trinajstić information content (AvgIpc) is 2.68. The Bertz CT molecular complexity index is 1010. The number of nitrogens with one attached hydrogen (secondary N) is 2. The number of halogens is 1. The summed E-state index contributed by atoms with van der Waals surface area (Å²) in [4.78, 5) is 29.1. The lowest BCUT2D eigenvalue weighted by atomic mass is 10.1. The van der Waals surface area contributed by atoms with Gasteiger partial charge < -0.3 is 10.6 Å². The quantitative estimate of drug-likeness (QED) is 0.558. The van der Waals surface area contributed by atoms with Crippen molar-refractivity contribution in [1.82, 2.24) is 4.98 Å². The van der Waals surface area contributed by atoms with Crippen molar-refractivity contribution in [2.24, 2.45) is 0 Å². The number of thioether (sulfide) groups is 1. The first-order valence-electron chi connectivity index (χ1n) is 8.53. The molecule has 0 bridgehead atoms. The molecule has 2 N–H and O–H groups in total. The Morgan fingerprint density at radius 1 is 1.04 bits per heavy atom. The van der Waals surface area contributed by atoms with Gasteiger partial charge in [-0.05, 0) is 48.9 Å². The van der Waals surface area contributed by atoms with Crippen molar-refractivity contribution in [1.29, 1.82) is 0 Å². The highest BCUT2D eigenvalue weighted by Crippen LogP contribution is 2.24. The summed E-state index contributed by atoms with van der Waals surface area (Å²) in [5, 5.41) is 6.73.